The van der Waals surface area contributed by atoms with Crippen molar-refractivity contribution in [1.82, 2.24) is 9.97 Å². The van der Waals surface area contributed by atoms with E-state index >= 15 is 0 Å². The third kappa shape index (κ3) is 2.20. The second-order valence-electron chi connectivity index (χ2n) is 4.02. The second-order valence-corrected chi connectivity index (χ2v) is 4.43. The van der Waals surface area contributed by atoms with Crippen LogP contribution >= 0.6 is 11.6 Å². The van der Waals surface area contributed by atoms with Crippen LogP contribution < -0.4 is 5.73 Å². The number of imidazole rings is 1. The molecule has 1 heterocycles. The highest BCUT2D eigenvalue weighted by Crippen LogP contribution is 2.29. The Morgan fingerprint density at radius 1 is 1.53 bits per heavy atom. The lowest BCUT2D eigenvalue weighted by molar-refractivity contribution is 0.0931. The topological polar surface area (TPSA) is 74.9 Å². The summed E-state index contributed by atoms with van der Waals surface area (Å²) in [5.74, 6) is 0.489. The number of hydrogen-bond acceptors (Lipinski definition) is 3. The van der Waals surface area contributed by atoms with Gasteiger partial charge in [0, 0.05) is 24.0 Å². The summed E-state index contributed by atoms with van der Waals surface area (Å²) in [5.41, 5.74) is 5.92. The highest BCUT2D eigenvalue weighted by atomic mass is 35.5. The second kappa shape index (κ2) is 4.49. The maximum atomic E-state index is 10.5. The first-order chi connectivity index (χ1) is 8.05. The van der Waals surface area contributed by atoms with Crippen molar-refractivity contribution in [3.63, 3.8) is 0 Å². The van der Waals surface area contributed by atoms with E-state index in [0.717, 1.165) is 5.56 Å². The standard InChI is InChI=1S/C12H14ClN3O/c1-12(17,11-15-4-5-16-11)9-2-3-10(13)8(6-9)7-14/h2-6,17H,7,14H2,1H3,(H,15,16). The fourth-order valence-electron chi connectivity index (χ4n) is 1.70. The number of H-pyrrole nitrogens is 1. The highest BCUT2D eigenvalue weighted by Gasteiger charge is 2.28. The molecule has 0 aliphatic rings. The molecule has 0 spiro atoms. The van der Waals surface area contributed by atoms with Gasteiger partial charge in [0.1, 0.15) is 11.4 Å². The molecule has 2 rings (SSSR count). The van der Waals surface area contributed by atoms with Crippen molar-refractivity contribution in [3.8, 4) is 0 Å². The minimum Gasteiger partial charge on any atom is -0.377 e. The van der Waals surface area contributed by atoms with Crippen molar-refractivity contribution < 1.29 is 5.11 Å². The lowest BCUT2D eigenvalue weighted by atomic mass is 9.93. The molecule has 0 fully saturated rings. The van der Waals surface area contributed by atoms with Gasteiger partial charge in [0.2, 0.25) is 0 Å². The molecule has 0 radical (unpaired) electrons. The lowest BCUT2D eigenvalue weighted by Gasteiger charge is -2.22. The summed E-state index contributed by atoms with van der Waals surface area (Å²) in [6.07, 6.45) is 3.27. The summed E-state index contributed by atoms with van der Waals surface area (Å²) in [7, 11) is 0. The molecule has 1 aromatic heterocycles. The van der Waals surface area contributed by atoms with Gasteiger partial charge in [0.15, 0.2) is 0 Å². The Hall–Kier alpha value is -1.36. The van der Waals surface area contributed by atoms with E-state index in [9.17, 15) is 5.11 Å². The van der Waals surface area contributed by atoms with E-state index in [1.807, 2.05) is 0 Å². The largest absolute Gasteiger partial charge is 0.377 e. The number of aliphatic hydroxyl groups is 1. The van der Waals surface area contributed by atoms with Crippen LogP contribution in [0.5, 0.6) is 0 Å². The van der Waals surface area contributed by atoms with Crippen LogP contribution in [0.2, 0.25) is 5.02 Å². The zero-order valence-corrected chi connectivity index (χ0v) is 10.2. The number of halogens is 1. The normalized spacial score (nSPS) is 14.6. The van der Waals surface area contributed by atoms with E-state index < -0.39 is 5.60 Å². The van der Waals surface area contributed by atoms with Crippen molar-refractivity contribution in [3.05, 3.63) is 52.6 Å². The van der Waals surface area contributed by atoms with Gasteiger partial charge in [-0.25, -0.2) is 4.98 Å². The van der Waals surface area contributed by atoms with Gasteiger partial charge in [-0.1, -0.05) is 17.7 Å². The molecule has 1 aromatic carbocycles. The summed E-state index contributed by atoms with van der Waals surface area (Å²) >= 11 is 5.99. The van der Waals surface area contributed by atoms with Crippen molar-refractivity contribution in [1.29, 1.82) is 0 Å². The molecule has 90 valence electrons. The number of benzene rings is 1. The molecule has 0 aliphatic carbocycles. The first-order valence-electron chi connectivity index (χ1n) is 5.27. The number of rotatable bonds is 3. The number of nitrogens with one attached hydrogen (secondary N) is 1. The molecule has 0 saturated carbocycles. The fourth-order valence-corrected chi connectivity index (χ4v) is 1.90. The summed E-state index contributed by atoms with van der Waals surface area (Å²) in [6.45, 7) is 2.01. The number of aromatic amines is 1. The van der Waals surface area contributed by atoms with E-state index in [0.29, 0.717) is 23.0 Å². The van der Waals surface area contributed by atoms with Crippen LogP contribution in [0, 0.1) is 0 Å². The predicted molar refractivity (Wildman–Crippen MR) is 66.6 cm³/mol. The molecular weight excluding hydrogens is 238 g/mol. The van der Waals surface area contributed by atoms with Crippen molar-refractivity contribution in [2.24, 2.45) is 5.73 Å². The van der Waals surface area contributed by atoms with Gasteiger partial charge in [-0.05, 0) is 30.2 Å². The first-order valence-corrected chi connectivity index (χ1v) is 5.64. The van der Waals surface area contributed by atoms with Gasteiger partial charge in [-0.15, -0.1) is 0 Å². The maximum Gasteiger partial charge on any atom is 0.144 e. The van der Waals surface area contributed by atoms with Crippen LogP contribution in [0.3, 0.4) is 0 Å². The molecule has 17 heavy (non-hydrogen) atoms. The number of nitrogens with two attached hydrogens (primary N) is 1. The summed E-state index contributed by atoms with van der Waals surface area (Å²) < 4.78 is 0. The Labute approximate surface area is 104 Å². The zero-order valence-electron chi connectivity index (χ0n) is 9.44. The van der Waals surface area contributed by atoms with Crippen molar-refractivity contribution >= 4 is 11.6 Å². The van der Waals surface area contributed by atoms with E-state index in [4.69, 9.17) is 17.3 Å². The Kier molecular flexibility index (Phi) is 3.19. The minimum absolute atomic E-state index is 0.334. The van der Waals surface area contributed by atoms with Gasteiger partial charge in [-0.2, -0.15) is 0 Å². The molecular formula is C12H14ClN3O. The molecule has 5 heteroatoms. The Morgan fingerprint density at radius 3 is 2.88 bits per heavy atom. The Bertz CT molecular complexity index is 508. The van der Waals surface area contributed by atoms with Gasteiger partial charge in [-0.3, -0.25) is 0 Å². The SMILES string of the molecule is CC(O)(c1ccc(Cl)c(CN)c1)c1ncc[nH]1. The van der Waals surface area contributed by atoms with Crippen LogP contribution in [0.4, 0.5) is 0 Å². The molecule has 4 nitrogen and oxygen atoms in total. The van der Waals surface area contributed by atoms with Gasteiger partial charge < -0.3 is 15.8 Å². The Morgan fingerprint density at radius 2 is 2.29 bits per heavy atom. The first kappa shape index (κ1) is 12.1. The van der Waals surface area contributed by atoms with Gasteiger partial charge in [0.25, 0.3) is 0 Å². The van der Waals surface area contributed by atoms with Gasteiger partial charge in [0.05, 0.1) is 0 Å². The molecule has 1 atom stereocenters. The summed E-state index contributed by atoms with van der Waals surface area (Å²) in [6, 6.07) is 5.30. The van der Waals surface area contributed by atoms with Crippen LogP contribution in [-0.2, 0) is 12.1 Å². The molecule has 0 aliphatic heterocycles. The van der Waals surface area contributed by atoms with Gasteiger partial charge >= 0.3 is 0 Å². The van der Waals surface area contributed by atoms with E-state index in [1.54, 1.807) is 37.5 Å². The Balaban J connectivity index is 2.46. The van der Waals surface area contributed by atoms with E-state index in [1.165, 1.54) is 0 Å². The summed E-state index contributed by atoms with van der Waals surface area (Å²) in [5, 5.41) is 11.1. The molecule has 0 saturated heterocycles. The van der Waals surface area contributed by atoms with Crippen molar-refractivity contribution in [2.45, 2.75) is 19.1 Å². The average Bonchev–Trinajstić information content (AvgIpc) is 2.83. The van der Waals surface area contributed by atoms with Crippen LogP contribution in [-0.4, -0.2) is 15.1 Å². The van der Waals surface area contributed by atoms with Crippen LogP contribution in [0.1, 0.15) is 23.9 Å². The molecule has 0 amide bonds. The molecule has 1 unspecified atom stereocenters. The average molecular weight is 252 g/mol. The molecule has 4 N–H and O–H groups in total. The van der Waals surface area contributed by atoms with Crippen LogP contribution in [0.15, 0.2) is 30.6 Å². The maximum absolute atomic E-state index is 10.5. The minimum atomic E-state index is -1.18. The lowest BCUT2D eigenvalue weighted by Crippen LogP contribution is -2.24. The third-order valence-corrected chi connectivity index (χ3v) is 3.16. The predicted octanol–water partition coefficient (Wildman–Crippen LogP) is 1.78. The monoisotopic (exact) mass is 251 g/mol. The summed E-state index contributed by atoms with van der Waals surface area (Å²) in [4.78, 5) is 6.98. The van der Waals surface area contributed by atoms with E-state index in [2.05, 4.69) is 9.97 Å². The smallest absolute Gasteiger partial charge is 0.144 e. The molecule has 0 bridgehead atoms. The quantitative estimate of drug-likeness (QED) is 0.778. The number of hydrogen-bond donors (Lipinski definition) is 3. The highest BCUT2D eigenvalue weighted by molar-refractivity contribution is 6.31. The van der Waals surface area contributed by atoms with Crippen molar-refractivity contribution in [2.75, 3.05) is 0 Å². The van der Waals surface area contributed by atoms with E-state index in [-0.39, 0.29) is 0 Å². The molecule has 2 aromatic rings. The van der Waals surface area contributed by atoms with Crippen LogP contribution in [0.25, 0.3) is 0 Å². The zero-order chi connectivity index (χ0) is 12.5. The third-order valence-electron chi connectivity index (χ3n) is 2.79. The fraction of sp³-hybridized carbons (Fsp3) is 0.250. The number of aromatic nitrogens is 2. The number of nitrogens with zero attached hydrogens (tertiary/aromatic N) is 1.